The number of nitrogens with two attached hydrogens (primary N) is 1. The lowest BCUT2D eigenvalue weighted by atomic mass is 10.2. The lowest BCUT2D eigenvalue weighted by molar-refractivity contribution is -0.137. The number of carbonyl (C=O) groups is 1. The Morgan fingerprint density at radius 3 is 2.62 bits per heavy atom. The van der Waals surface area contributed by atoms with Crippen molar-refractivity contribution >= 4 is 44.4 Å². The number of aromatic nitrogens is 2. The number of nitrogens with one attached hydrogen (secondary N) is 1. The van der Waals surface area contributed by atoms with Crippen LogP contribution < -0.4 is 10.5 Å². The van der Waals surface area contributed by atoms with E-state index in [4.69, 9.17) is 5.14 Å². The average Bonchev–Trinajstić information content (AvgIpc) is 2.94. The molecule has 2 aromatic carbocycles. The predicted molar refractivity (Wildman–Crippen MR) is 103 cm³/mol. The van der Waals surface area contributed by atoms with E-state index in [0.29, 0.717) is 16.2 Å². The number of rotatable bonds is 5. The monoisotopic (exact) mass is 444 g/mol. The zero-order valence-corrected chi connectivity index (χ0v) is 16.5. The Morgan fingerprint density at radius 1 is 1.24 bits per heavy atom. The van der Waals surface area contributed by atoms with Crippen LogP contribution >= 0.6 is 11.8 Å². The fourth-order valence-corrected chi connectivity index (χ4v) is 3.88. The molecular weight excluding hydrogens is 429 g/mol. The summed E-state index contributed by atoms with van der Waals surface area (Å²) in [6.07, 6.45) is -4.50. The molecule has 0 aliphatic rings. The van der Waals surface area contributed by atoms with Crippen molar-refractivity contribution in [3.05, 3.63) is 48.0 Å². The highest BCUT2D eigenvalue weighted by Gasteiger charge is 2.30. The number of imidazole rings is 1. The van der Waals surface area contributed by atoms with E-state index < -0.39 is 27.7 Å². The van der Waals surface area contributed by atoms with E-state index in [2.05, 4.69) is 10.3 Å². The lowest BCUT2D eigenvalue weighted by Gasteiger charge is -2.09. The molecule has 12 heteroatoms. The van der Waals surface area contributed by atoms with Gasteiger partial charge in [-0.05, 0) is 36.4 Å². The van der Waals surface area contributed by atoms with E-state index in [9.17, 15) is 26.4 Å². The molecule has 1 amide bonds. The summed E-state index contributed by atoms with van der Waals surface area (Å²) in [5.74, 6) is -0.610. The highest BCUT2D eigenvalue weighted by molar-refractivity contribution is 7.99. The summed E-state index contributed by atoms with van der Waals surface area (Å²) >= 11 is 1.06. The van der Waals surface area contributed by atoms with Crippen molar-refractivity contribution in [2.24, 2.45) is 12.2 Å². The number of halogens is 3. The quantitative estimate of drug-likeness (QED) is 0.589. The van der Waals surface area contributed by atoms with Crippen LogP contribution in [0.3, 0.4) is 0 Å². The Kier molecular flexibility index (Phi) is 5.61. The van der Waals surface area contributed by atoms with E-state index in [1.165, 1.54) is 24.3 Å². The van der Waals surface area contributed by atoms with Crippen molar-refractivity contribution in [3.8, 4) is 0 Å². The maximum Gasteiger partial charge on any atom is 0.416 e. The molecule has 0 bridgehead atoms. The molecule has 0 spiro atoms. The predicted octanol–water partition coefficient (Wildman–Crippen LogP) is 2.97. The summed E-state index contributed by atoms with van der Waals surface area (Å²) in [4.78, 5) is 16.3. The summed E-state index contributed by atoms with van der Waals surface area (Å²) in [5.41, 5.74) is 0.204. The largest absolute Gasteiger partial charge is 0.416 e. The summed E-state index contributed by atoms with van der Waals surface area (Å²) in [5, 5.41) is 7.96. The van der Waals surface area contributed by atoms with Crippen LogP contribution in [-0.4, -0.2) is 29.6 Å². The van der Waals surface area contributed by atoms with Crippen LogP contribution in [0.5, 0.6) is 0 Å². The topological polar surface area (TPSA) is 107 Å². The van der Waals surface area contributed by atoms with Gasteiger partial charge in [0.2, 0.25) is 15.9 Å². The number of carbonyl (C=O) groups excluding carboxylic acids is 1. The summed E-state index contributed by atoms with van der Waals surface area (Å²) in [7, 11) is -2.18. The summed E-state index contributed by atoms with van der Waals surface area (Å²) < 4.78 is 62.8. The third-order valence-electron chi connectivity index (χ3n) is 3.95. The van der Waals surface area contributed by atoms with Gasteiger partial charge in [-0.1, -0.05) is 17.8 Å². The van der Waals surface area contributed by atoms with E-state index in [-0.39, 0.29) is 16.3 Å². The van der Waals surface area contributed by atoms with Gasteiger partial charge in [0.05, 0.1) is 27.2 Å². The first-order valence-electron chi connectivity index (χ1n) is 8.04. The summed E-state index contributed by atoms with van der Waals surface area (Å²) in [6, 6.07) is 8.58. The average molecular weight is 444 g/mol. The number of aryl methyl sites for hydroxylation is 1. The minimum Gasteiger partial charge on any atom is -0.325 e. The molecule has 3 N–H and O–H groups in total. The number of hydrogen-bond acceptors (Lipinski definition) is 5. The van der Waals surface area contributed by atoms with E-state index in [1.54, 1.807) is 17.7 Å². The Balaban J connectivity index is 1.72. The molecule has 0 saturated carbocycles. The van der Waals surface area contributed by atoms with Gasteiger partial charge >= 0.3 is 6.18 Å². The van der Waals surface area contributed by atoms with Crippen LogP contribution in [0.15, 0.2) is 52.5 Å². The number of hydrogen-bond donors (Lipinski definition) is 2. The SMILES string of the molecule is Cn1c(SCC(=O)Nc2cccc(C(F)(F)F)c2)nc2cc(S(N)(=O)=O)ccc21. The number of nitrogens with zero attached hydrogens (tertiary/aromatic N) is 2. The molecule has 1 heterocycles. The van der Waals surface area contributed by atoms with E-state index in [0.717, 1.165) is 23.9 Å². The van der Waals surface area contributed by atoms with Gasteiger partial charge in [0, 0.05) is 12.7 Å². The zero-order chi connectivity index (χ0) is 21.4. The van der Waals surface area contributed by atoms with Gasteiger partial charge < -0.3 is 9.88 Å². The maximum absolute atomic E-state index is 12.7. The van der Waals surface area contributed by atoms with Crippen molar-refractivity contribution in [3.63, 3.8) is 0 Å². The van der Waals surface area contributed by atoms with Crippen molar-refractivity contribution < 1.29 is 26.4 Å². The number of primary sulfonamides is 1. The highest BCUT2D eigenvalue weighted by atomic mass is 32.2. The first-order valence-corrected chi connectivity index (χ1v) is 10.6. The number of fused-ring (bicyclic) bond motifs is 1. The van der Waals surface area contributed by atoms with Gasteiger partial charge in [0.25, 0.3) is 0 Å². The van der Waals surface area contributed by atoms with Crippen molar-refractivity contribution in [1.29, 1.82) is 0 Å². The van der Waals surface area contributed by atoms with Crippen LogP contribution in [0.25, 0.3) is 11.0 Å². The number of alkyl halides is 3. The fraction of sp³-hybridized carbons (Fsp3) is 0.176. The van der Waals surface area contributed by atoms with Crippen LogP contribution in [0.2, 0.25) is 0 Å². The molecule has 29 heavy (non-hydrogen) atoms. The second kappa shape index (κ2) is 7.69. The lowest BCUT2D eigenvalue weighted by Crippen LogP contribution is -2.15. The second-order valence-corrected chi connectivity index (χ2v) is 8.57. The molecular formula is C17H15F3N4O3S2. The first-order chi connectivity index (χ1) is 13.4. The highest BCUT2D eigenvalue weighted by Crippen LogP contribution is 2.31. The van der Waals surface area contributed by atoms with Crippen molar-refractivity contribution in [2.45, 2.75) is 16.2 Å². The molecule has 154 valence electrons. The third-order valence-corrected chi connectivity index (χ3v) is 5.89. The number of thioether (sulfide) groups is 1. The van der Waals surface area contributed by atoms with Gasteiger partial charge in [-0.15, -0.1) is 0 Å². The Hall–Kier alpha value is -2.57. The minimum absolute atomic E-state index is 0.0354. The Morgan fingerprint density at radius 2 is 1.97 bits per heavy atom. The second-order valence-electron chi connectivity index (χ2n) is 6.06. The molecule has 7 nitrogen and oxygen atoms in total. The zero-order valence-electron chi connectivity index (χ0n) is 14.9. The number of benzene rings is 2. The van der Waals surface area contributed by atoms with Crippen molar-refractivity contribution in [1.82, 2.24) is 9.55 Å². The van der Waals surface area contributed by atoms with Crippen LogP contribution in [0, 0.1) is 0 Å². The molecule has 0 saturated heterocycles. The first kappa shape index (κ1) is 21.1. The molecule has 0 atom stereocenters. The summed E-state index contributed by atoms with van der Waals surface area (Å²) in [6.45, 7) is 0. The Labute approximate surface area is 168 Å². The molecule has 0 aliphatic carbocycles. The van der Waals surface area contributed by atoms with Crippen LogP contribution in [-0.2, 0) is 28.0 Å². The third kappa shape index (κ3) is 4.89. The minimum atomic E-state index is -4.50. The van der Waals surface area contributed by atoms with Crippen LogP contribution in [0.1, 0.15) is 5.56 Å². The normalized spacial score (nSPS) is 12.3. The fourth-order valence-electron chi connectivity index (χ4n) is 2.56. The molecule has 0 radical (unpaired) electrons. The Bertz CT molecular complexity index is 1190. The molecule has 3 rings (SSSR count). The van der Waals surface area contributed by atoms with Gasteiger partial charge in [0.15, 0.2) is 5.16 Å². The molecule has 1 aromatic heterocycles. The van der Waals surface area contributed by atoms with Gasteiger partial charge in [0.1, 0.15) is 0 Å². The van der Waals surface area contributed by atoms with Crippen LogP contribution in [0.4, 0.5) is 18.9 Å². The van der Waals surface area contributed by atoms with Gasteiger partial charge in [-0.2, -0.15) is 13.2 Å². The molecule has 3 aromatic rings. The van der Waals surface area contributed by atoms with Gasteiger partial charge in [-0.25, -0.2) is 18.5 Å². The molecule has 0 fully saturated rings. The molecule has 0 aliphatic heterocycles. The number of amides is 1. The number of sulfonamides is 1. The standard InChI is InChI=1S/C17H15F3N4O3S2/c1-24-14-6-5-12(29(21,26)27)8-13(14)23-16(24)28-9-15(25)22-11-4-2-3-10(7-11)17(18,19)20/h2-8H,9H2,1H3,(H,22,25)(H2,21,26,27). The maximum atomic E-state index is 12.7. The van der Waals surface area contributed by atoms with E-state index >= 15 is 0 Å². The van der Waals surface area contributed by atoms with Gasteiger partial charge in [-0.3, -0.25) is 4.79 Å². The smallest absolute Gasteiger partial charge is 0.325 e. The van der Waals surface area contributed by atoms with Crippen molar-refractivity contribution in [2.75, 3.05) is 11.1 Å². The van der Waals surface area contributed by atoms with E-state index in [1.807, 2.05) is 0 Å². The molecule has 0 unspecified atom stereocenters. The number of anilines is 1.